The number of carbonyl (C=O) groups excluding carboxylic acids is 1. The van der Waals surface area contributed by atoms with Crippen LogP contribution in [0.3, 0.4) is 0 Å². The Labute approximate surface area is 138 Å². The summed E-state index contributed by atoms with van der Waals surface area (Å²) in [5.74, 6) is 0.548. The maximum absolute atomic E-state index is 12.4. The van der Waals surface area contributed by atoms with Gasteiger partial charge in [-0.25, -0.2) is 0 Å². The second-order valence-corrected chi connectivity index (χ2v) is 5.71. The summed E-state index contributed by atoms with van der Waals surface area (Å²) in [4.78, 5) is 21.8. The fourth-order valence-corrected chi connectivity index (χ4v) is 3.01. The van der Waals surface area contributed by atoms with Gasteiger partial charge in [-0.15, -0.1) is 5.06 Å². The average Bonchev–Trinajstić information content (AvgIpc) is 3.12. The molecule has 1 aromatic carbocycles. The molecule has 120 valence electrons. The molecule has 6 heteroatoms. The van der Waals surface area contributed by atoms with E-state index in [1.807, 2.05) is 30.5 Å². The van der Waals surface area contributed by atoms with E-state index >= 15 is 0 Å². The molecule has 0 saturated heterocycles. The van der Waals surface area contributed by atoms with Crippen LogP contribution in [0.5, 0.6) is 0 Å². The number of allylic oxidation sites excluding steroid dienone is 1. The quantitative estimate of drug-likeness (QED) is 0.864. The van der Waals surface area contributed by atoms with Crippen molar-refractivity contribution in [1.29, 1.82) is 5.41 Å². The summed E-state index contributed by atoms with van der Waals surface area (Å²) in [6.07, 6.45) is 5.36. The molecule has 3 heterocycles. The van der Waals surface area contributed by atoms with Crippen LogP contribution in [-0.2, 0) is 16.2 Å². The molecular formula is C18H16N4O2. The highest BCUT2D eigenvalue weighted by molar-refractivity contribution is 6.32. The molecule has 6 nitrogen and oxygen atoms in total. The molecule has 2 aliphatic heterocycles. The number of carbonyl (C=O) groups is 1. The van der Waals surface area contributed by atoms with E-state index in [-0.39, 0.29) is 11.4 Å². The number of fused-ring (bicyclic) bond motifs is 2. The number of aryl methyl sites for hydroxylation is 1. The number of benzene rings is 1. The number of hydrogen-bond donors (Lipinski definition) is 1. The molecule has 0 aliphatic carbocycles. The summed E-state index contributed by atoms with van der Waals surface area (Å²) in [6.45, 7) is 4.66. The first-order chi connectivity index (χ1) is 11.6. The van der Waals surface area contributed by atoms with Crippen molar-refractivity contribution in [1.82, 2.24) is 9.63 Å². The predicted molar refractivity (Wildman–Crippen MR) is 92.4 cm³/mol. The van der Waals surface area contributed by atoms with Gasteiger partial charge in [0.1, 0.15) is 5.76 Å². The molecular weight excluding hydrogens is 304 g/mol. The van der Waals surface area contributed by atoms with Crippen LogP contribution in [0.2, 0.25) is 0 Å². The Bertz CT molecular complexity index is 978. The minimum Gasteiger partial charge on any atom is -0.376 e. The van der Waals surface area contributed by atoms with Crippen molar-refractivity contribution in [3.63, 3.8) is 0 Å². The lowest BCUT2D eigenvalue weighted by Crippen LogP contribution is -2.38. The molecule has 2 aromatic rings. The minimum atomic E-state index is -0.422. The first-order valence-corrected chi connectivity index (χ1v) is 7.76. The normalized spacial score (nSPS) is 18.8. The largest absolute Gasteiger partial charge is 0.376 e. The first-order valence-electron chi connectivity index (χ1n) is 7.76. The van der Waals surface area contributed by atoms with E-state index in [0.717, 1.165) is 23.0 Å². The van der Waals surface area contributed by atoms with E-state index in [9.17, 15) is 4.79 Å². The number of rotatable bonds is 2. The van der Waals surface area contributed by atoms with Crippen LogP contribution in [0.25, 0.3) is 17.0 Å². The van der Waals surface area contributed by atoms with Gasteiger partial charge in [0.15, 0.2) is 11.7 Å². The number of amides is 1. The highest BCUT2D eigenvalue weighted by atomic mass is 16.7. The highest BCUT2D eigenvalue weighted by Crippen LogP contribution is 2.27. The van der Waals surface area contributed by atoms with E-state index in [2.05, 4.69) is 16.5 Å². The lowest BCUT2D eigenvalue weighted by Gasteiger charge is -2.22. The second-order valence-electron chi connectivity index (χ2n) is 5.71. The van der Waals surface area contributed by atoms with E-state index in [1.165, 1.54) is 5.06 Å². The molecule has 1 amide bonds. The van der Waals surface area contributed by atoms with Gasteiger partial charge in [-0.1, -0.05) is 18.2 Å². The minimum absolute atomic E-state index is 0.00595. The van der Waals surface area contributed by atoms with E-state index < -0.39 is 5.91 Å². The fourth-order valence-electron chi connectivity index (χ4n) is 3.01. The average molecular weight is 320 g/mol. The SMILES string of the molecule is CCn1cc(/C=C2\C(=N)N3OC(C)=CC3=NC2=O)c2ccccc21. The van der Waals surface area contributed by atoms with Crippen LogP contribution in [0.4, 0.5) is 0 Å². The smallest absolute Gasteiger partial charge is 0.282 e. The zero-order chi connectivity index (χ0) is 16.8. The number of hydroxylamine groups is 2. The molecule has 0 saturated carbocycles. The molecule has 24 heavy (non-hydrogen) atoms. The molecule has 0 atom stereocenters. The number of aliphatic imine (C=N–C) groups is 1. The number of nitrogens with one attached hydrogen (secondary N) is 1. The standard InChI is InChI=1S/C18H16N4O2/c1-3-21-10-12(13-6-4-5-7-15(13)21)9-14-17(19)22-16(20-18(14)23)8-11(2)24-22/h4-10,19H,3H2,1-2H3/b14-9+,19-17?. The number of para-hydroxylation sites is 1. The summed E-state index contributed by atoms with van der Waals surface area (Å²) in [5, 5.41) is 10.6. The summed E-state index contributed by atoms with van der Waals surface area (Å²) in [7, 11) is 0. The van der Waals surface area contributed by atoms with Crippen molar-refractivity contribution in [2.24, 2.45) is 4.99 Å². The van der Waals surface area contributed by atoms with Crippen LogP contribution >= 0.6 is 0 Å². The Morgan fingerprint density at radius 3 is 2.92 bits per heavy atom. The van der Waals surface area contributed by atoms with Crippen molar-refractivity contribution in [3.8, 4) is 0 Å². The van der Waals surface area contributed by atoms with Gasteiger partial charge in [0.2, 0.25) is 0 Å². The van der Waals surface area contributed by atoms with Gasteiger partial charge >= 0.3 is 0 Å². The third-order valence-corrected chi connectivity index (χ3v) is 4.14. The number of aromatic nitrogens is 1. The third-order valence-electron chi connectivity index (χ3n) is 4.14. The van der Waals surface area contributed by atoms with Crippen LogP contribution in [0.15, 0.2) is 52.9 Å². The molecule has 2 aliphatic rings. The Morgan fingerprint density at radius 1 is 1.33 bits per heavy atom. The van der Waals surface area contributed by atoms with Crippen molar-refractivity contribution in [2.45, 2.75) is 20.4 Å². The molecule has 0 bridgehead atoms. The van der Waals surface area contributed by atoms with E-state index in [1.54, 1.807) is 19.1 Å². The zero-order valence-corrected chi connectivity index (χ0v) is 13.4. The maximum Gasteiger partial charge on any atom is 0.282 e. The van der Waals surface area contributed by atoms with Gasteiger partial charge < -0.3 is 9.40 Å². The van der Waals surface area contributed by atoms with Crippen molar-refractivity contribution in [2.75, 3.05) is 0 Å². The van der Waals surface area contributed by atoms with Gasteiger partial charge in [-0.05, 0) is 26.0 Å². The summed E-state index contributed by atoms with van der Waals surface area (Å²) >= 11 is 0. The van der Waals surface area contributed by atoms with Crippen LogP contribution in [0.1, 0.15) is 19.4 Å². The summed E-state index contributed by atoms with van der Waals surface area (Å²) < 4.78 is 2.12. The second kappa shape index (κ2) is 5.19. The lowest BCUT2D eigenvalue weighted by molar-refractivity contribution is -0.114. The van der Waals surface area contributed by atoms with Crippen molar-refractivity contribution >= 4 is 34.6 Å². The molecule has 1 N–H and O–H groups in total. The Kier molecular flexibility index (Phi) is 3.13. The first kappa shape index (κ1) is 14.4. The molecule has 0 fully saturated rings. The highest BCUT2D eigenvalue weighted by Gasteiger charge is 2.34. The topological polar surface area (TPSA) is 70.7 Å². The van der Waals surface area contributed by atoms with E-state index in [4.69, 9.17) is 10.2 Å². The Hall–Kier alpha value is -3.15. The molecule has 0 unspecified atom stereocenters. The molecule has 1 aromatic heterocycles. The van der Waals surface area contributed by atoms with Crippen LogP contribution < -0.4 is 0 Å². The van der Waals surface area contributed by atoms with Gasteiger partial charge in [-0.2, -0.15) is 4.99 Å². The molecule has 4 rings (SSSR count). The number of nitrogens with zero attached hydrogens (tertiary/aromatic N) is 3. The third kappa shape index (κ3) is 2.07. The molecule has 0 spiro atoms. The van der Waals surface area contributed by atoms with Crippen LogP contribution in [-0.4, -0.2) is 27.2 Å². The van der Waals surface area contributed by atoms with Gasteiger partial charge in [0.25, 0.3) is 5.91 Å². The Balaban J connectivity index is 1.83. The van der Waals surface area contributed by atoms with Crippen molar-refractivity contribution < 1.29 is 9.63 Å². The Morgan fingerprint density at radius 2 is 2.12 bits per heavy atom. The maximum atomic E-state index is 12.4. The molecule has 0 radical (unpaired) electrons. The number of amidine groups is 2. The van der Waals surface area contributed by atoms with Gasteiger partial charge in [0, 0.05) is 35.3 Å². The monoisotopic (exact) mass is 320 g/mol. The van der Waals surface area contributed by atoms with Gasteiger partial charge in [-0.3, -0.25) is 10.2 Å². The summed E-state index contributed by atoms with van der Waals surface area (Å²) in [6, 6.07) is 8.01. The van der Waals surface area contributed by atoms with Gasteiger partial charge in [0.05, 0.1) is 5.57 Å². The van der Waals surface area contributed by atoms with E-state index in [0.29, 0.717) is 11.6 Å². The van der Waals surface area contributed by atoms with Crippen molar-refractivity contribution in [3.05, 3.63) is 53.4 Å². The zero-order valence-electron chi connectivity index (χ0n) is 13.4. The lowest BCUT2D eigenvalue weighted by atomic mass is 10.1. The summed E-state index contributed by atoms with van der Waals surface area (Å²) in [5.41, 5.74) is 2.21. The fraction of sp³-hybridized carbons (Fsp3) is 0.167. The predicted octanol–water partition coefficient (Wildman–Crippen LogP) is 3.11. The van der Waals surface area contributed by atoms with Crippen LogP contribution in [0, 0.1) is 5.41 Å². The number of hydrogen-bond acceptors (Lipinski definition) is 3.